The van der Waals surface area contributed by atoms with Crippen molar-refractivity contribution in [1.29, 1.82) is 0 Å². The number of benzene rings is 1. The van der Waals surface area contributed by atoms with Crippen molar-refractivity contribution in [1.82, 2.24) is 9.38 Å². The minimum Gasteiger partial charge on any atom is -0.329 e. The first-order chi connectivity index (χ1) is 10.1. The van der Waals surface area contributed by atoms with E-state index in [1.165, 1.54) is 21.8 Å². The molecule has 0 fully saturated rings. The number of quaternary nitrogens is 1. The standard InChI is InChI=1S/C15H14BrN3OS/c1-18(9-11-2-4-12(16)5-3-11)10-13-8-14(20)19-6-7-21-15(19)17-13/h2-8H,9-10H2,1H3/p+1. The zero-order valence-electron chi connectivity index (χ0n) is 11.5. The van der Waals surface area contributed by atoms with Gasteiger partial charge >= 0.3 is 0 Å². The topological polar surface area (TPSA) is 38.8 Å². The third-order valence-corrected chi connectivity index (χ3v) is 4.54. The molecule has 1 N–H and O–H groups in total. The molecule has 108 valence electrons. The second kappa shape index (κ2) is 6.09. The SMILES string of the molecule is C[NH+](Cc1ccc(Br)cc1)Cc1cc(=O)n2ccsc2n1. The van der Waals surface area contributed by atoms with E-state index in [4.69, 9.17) is 0 Å². The highest BCUT2D eigenvalue weighted by Crippen LogP contribution is 2.10. The number of aromatic nitrogens is 2. The van der Waals surface area contributed by atoms with Crippen LogP contribution in [0.15, 0.2) is 51.2 Å². The Morgan fingerprint density at radius 3 is 2.81 bits per heavy atom. The maximum Gasteiger partial charge on any atom is 0.258 e. The van der Waals surface area contributed by atoms with Gasteiger partial charge in [0, 0.05) is 27.7 Å². The van der Waals surface area contributed by atoms with Gasteiger partial charge in [0.1, 0.15) is 18.8 Å². The van der Waals surface area contributed by atoms with Gasteiger partial charge in [0.05, 0.1) is 7.05 Å². The van der Waals surface area contributed by atoms with E-state index in [1.807, 2.05) is 17.5 Å². The summed E-state index contributed by atoms with van der Waals surface area (Å²) in [6.45, 7) is 1.64. The number of hydrogen-bond donors (Lipinski definition) is 1. The predicted molar refractivity (Wildman–Crippen MR) is 87.8 cm³/mol. The van der Waals surface area contributed by atoms with Gasteiger partial charge < -0.3 is 4.90 Å². The van der Waals surface area contributed by atoms with Crippen molar-refractivity contribution in [2.75, 3.05) is 7.05 Å². The van der Waals surface area contributed by atoms with E-state index in [2.05, 4.69) is 40.1 Å². The first-order valence-electron chi connectivity index (χ1n) is 6.63. The Morgan fingerprint density at radius 2 is 2.05 bits per heavy atom. The summed E-state index contributed by atoms with van der Waals surface area (Å²) in [5, 5.41) is 1.88. The fourth-order valence-electron chi connectivity index (χ4n) is 2.30. The van der Waals surface area contributed by atoms with Crippen LogP contribution in [0.3, 0.4) is 0 Å². The quantitative estimate of drug-likeness (QED) is 0.765. The summed E-state index contributed by atoms with van der Waals surface area (Å²) in [4.78, 5) is 18.6. The second-order valence-corrected chi connectivity index (χ2v) is 6.87. The average molecular weight is 365 g/mol. The third kappa shape index (κ3) is 3.40. The summed E-state index contributed by atoms with van der Waals surface area (Å²) in [6.07, 6.45) is 1.76. The number of nitrogens with zero attached hydrogens (tertiary/aromatic N) is 2. The van der Waals surface area contributed by atoms with Crippen LogP contribution in [0.2, 0.25) is 0 Å². The van der Waals surface area contributed by atoms with Crippen molar-refractivity contribution < 1.29 is 4.90 Å². The normalized spacial score (nSPS) is 12.7. The molecule has 3 aromatic rings. The largest absolute Gasteiger partial charge is 0.329 e. The monoisotopic (exact) mass is 364 g/mol. The molecule has 21 heavy (non-hydrogen) atoms. The number of halogens is 1. The minimum absolute atomic E-state index is 0.00677. The van der Waals surface area contributed by atoms with Crippen LogP contribution in [0.5, 0.6) is 0 Å². The molecule has 0 aliphatic carbocycles. The van der Waals surface area contributed by atoms with Gasteiger partial charge in [-0.3, -0.25) is 9.20 Å². The third-order valence-electron chi connectivity index (χ3n) is 3.26. The molecular formula is C15H15BrN3OS+. The van der Waals surface area contributed by atoms with Crippen LogP contribution in [-0.4, -0.2) is 16.4 Å². The number of nitrogens with one attached hydrogen (secondary N) is 1. The number of rotatable bonds is 4. The second-order valence-electron chi connectivity index (χ2n) is 5.08. The molecule has 2 heterocycles. The van der Waals surface area contributed by atoms with Crippen molar-refractivity contribution in [2.45, 2.75) is 13.1 Å². The lowest BCUT2D eigenvalue weighted by atomic mass is 10.2. The molecule has 1 aromatic carbocycles. The summed E-state index contributed by atoms with van der Waals surface area (Å²) in [7, 11) is 2.11. The molecular weight excluding hydrogens is 350 g/mol. The van der Waals surface area contributed by atoms with Gasteiger partial charge in [0.25, 0.3) is 5.56 Å². The van der Waals surface area contributed by atoms with Crippen LogP contribution in [0.1, 0.15) is 11.3 Å². The van der Waals surface area contributed by atoms with Crippen molar-refractivity contribution in [3.05, 3.63) is 68.0 Å². The van der Waals surface area contributed by atoms with E-state index in [1.54, 1.807) is 16.7 Å². The Kier molecular flexibility index (Phi) is 4.19. The lowest BCUT2D eigenvalue weighted by Gasteiger charge is -2.13. The van der Waals surface area contributed by atoms with Crippen molar-refractivity contribution in [3.63, 3.8) is 0 Å². The molecule has 0 aliphatic rings. The molecule has 2 aromatic heterocycles. The Hall–Kier alpha value is -1.50. The maximum absolute atomic E-state index is 12.0. The van der Waals surface area contributed by atoms with Crippen LogP contribution in [0.25, 0.3) is 4.96 Å². The summed E-state index contributed by atoms with van der Waals surface area (Å²) in [5.74, 6) is 0. The maximum atomic E-state index is 12.0. The first kappa shape index (κ1) is 14.4. The predicted octanol–water partition coefficient (Wildman–Crippen LogP) is 1.73. The zero-order valence-corrected chi connectivity index (χ0v) is 13.9. The minimum atomic E-state index is -0.00677. The molecule has 0 amide bonds. The van der Waals surface area contributed by atoms with Gasteiger partial charge in [0.15, 0.2) is 4.96 Å². The lowest BCUT2D eigenvalue weighted by molar-refractivity contribution is -0.908. The molecule has 0 aliphatic heterocycles. The Bertz CT molecular complexity index is 810. The lowest BCUT2D eigenvalue weighted by Crippen LogP contribution is -3.06. The Labute approximate surface area is 134 Å². The molecule has 0 bridgehead atoms. The van der Waals surface area contributed by atoms with Crippen LogP contribution in [0, 0.1) is 0 Å². The highest BCUT2D eigenvalue weighted by Gasteiger charge is 2.09. The fourth-order valence-corrected chi connectivity index (χ4v) is 3.30. The molecule has 3 rings (SSSR count). The molecule has 4 nitrogen and oxygen atoms in total. The molecule has 0 saturated heterocycles. The molecule has 6 heteroatoms. The van der Waals surface area contributed by atoms with E-state index in [9.17, 15) is 4.79 Å². The Morgan fingerprint density at radius 1 is 1.29 bits per heavy atom. The van der Waals surface area contributed by atoms with Gasteiger partial charge in [-0.1, -0.05) is 28.1 Å². The summed E-state index contributed by atoms with van der Waals surface area (Å²) >= 11 is 4.93. The first-order valence-corrected chi connectivity index (χ1v) is 8.30. The highest BCUT2D eigenvalue weighted by atomic mass is 79.9. The zero-order chi connectivity index (χ0) is 14.8. The number of hydrogen-bond acceptors (Lipinski definition) is 3. The fraction of sp³-hybridized carbons (Fsp3) is 0.200. The average Bonchev–Trinajstić information content (AvgIpc) is 2.90. The van der Waals surface area contributed by atoms with E-state index in [0.717, 1.165) is 28.2 Å². The van der Waals surface area contributed by atoms with Gasteiger partial charge in [-0.05, 0) is 12.1 Å². The van der Waals surface area contributed by atoms with Gasteiger partial charge in [0.2, 0.25) is 0 Å². The summed E-state index contributed by atoms with van der Waals surface area (Å²) in [6, 6.07) is 9.94. The van der Waals surface area contributed by atoms with Crippen LogP contribution in [0.4, 0.5) is 0 Å². The van der Waals surface area contributed by atoms with Crippen LogP contribution in [-0.2, 0) is 13.1 Å². The van der Waals surface area contributed by atoms with E-state index < -0.39 is 0 Å². The van der Waals surface area contributed by atoms with Gasteiger partial charge in [-0.25, -0.2) is 4.98 Å². The van der Waals surface area contributed by atoms with E-state index in [-0.39, 0.29) is 5.56 Å². The van der Waals surface area contributed by atoms with Crippen molar-refractivity contribution in [2.24, 2.45) is 0 Å². The number of fused-ring (bicyclic) bond motifs is 1. The summed E-state index contributed by atoms with van der Waals surface area (Å²) in [5.41, 5.74) is 2.11. The van der Waals surface area contributed by atoms with Gasteiger partial charge in [-0.15, -0.1) is 11.3 Å². The van der Waals surface area contributed by atoms with Crippen molar-refractivity contribution in [3.8, 4) is 0 Å². The van der Waals surface area contributed by atoms with Crippen LogP contribution < -0.4 is 10.5 Å². The van der Waals surface area contributed by atoms with Crippen LogP contribution >= 0.6 is 27.3 Å². The number of thiazole rings is 1. The molecule has 0 spiro atoms. The van der Waals surface area contributed by atoms with Crippen molar-refractivity contribution >= 4 is 32.2 Å². The molecule has 1 atom stereocenters. The Balaban J connectivity index is 1.75. The molecule has 1 unspecified atom stereocenters. The highest BCUT2D eigenvalue weighted by molar-refractivity contribution is 9.10. The molecule has 0 saturated carbocycles. The molecule has 0 radical (unpaired) electrons. The summed E-state index contributed by atoms with van der Waals surface area (Å²) < 4.78 is 2.67. The van der Waals surface area contributed by atoms with Gasteiger partial charge in [-0.2, -0.15) is 0 Å². The van der Waals surface area contributed by atoms with E-state index >= 15 is 0 Å². The smallest absolute Gasteiger partial charge is 0.258 e. The van der Waals surface area contributed by atoms with E-state index in [0.29, 0.717) is 0 Å².